The Morgan fingerprint density at radius 3 is 2.79 bits per heavy atom. The maximum atomic E-state index is 5.44. The van der Waals surface area contributed by atoms with Gasteiger partial charge in [-0.15, -0.1) is 11.3 Å². The second-order valence-corrected chi connectivity index (χ2v) is 6.69. The lowest BCUT2D eigenvalue weighted by molar-refractivity contribution is 0.406. The summed E-state index contributed by atoms with van der Waals surface area (Å²) in [5, 5.41) is 9.93. The average molecular weight is 347 g/mol. The van der Waals surface area contributed by atoms with Crippen LogP contribution in [0.3, 0.4) is 0 Å². The lowest BCUT2D eigenvalue weighted by Gasteiger charge is -2.18. The number of methoxy groups -OCH3 is 1. The smallest absolute Gasteiger partial charge is 0.191 e. The first kappa shape index (κ1) is 18.3. The molecule has 0 saturated heterocycles. The summed E-state index contributed by atoms with van der Waals surface area (Å²) in [6, 6.07) is 8.13. The molecule has 1 unspecified atom stereocenters. The fraction of sp³-hybridized carbons (Fsp3) is 0.444. The SMILES string of the molecule is CN=C(NCCc1csc(C)n1)NCC(C)c1ccccc1OC. The molecule has 0 aliphatic rings. The van der Waals surface area contributed by atoms with Gasteiger partial charge in [-0.2, -0.15) is 0 Å². The van der Waals surface area contributed by atoms with Crippen LogP contribution in [0.15, 0.2) is 34.6 Å². The molecule has 2 aromatic rings. The summed E-state index contributed by atoms with van der Waals surface area (Å²) in [7, 11) is 3.50. The summed E-state index contributed by atoms with van der Waals surface area (Å²) < 4.78 is 5.44. The van der Waals surface area contributed by atoms with Crippen LogP contribution in [0.25, 0.3) is 0 Å². The topological polar surface area (TPSA) is 58.5 Å². The largest absolute Gasteiger partial charge is 0.496 e. The van der Waals surface area contributed by atoms with E-state index < -0.39 is 0 Å². The predicted octanol–water partition coefficient (Wildman–Crippen LogP) is 2.97. The zero-order chi connectivity index (χ0) is 17.4. The molecule has 0 aliphatic carbocycles. The van der Waals surface area contributed by atoms with E-state index in [0.717, 1.165) is 41.9 Å². The Balaban J connectivity index is 1.80. The molecule has 5 nitrogen and oxygen atoms in total. The molecule has 1 aromatic carbocycles. The third kappa shape index (κ3) is 5.23. The summed E-state index contributed by atoms with van der Waals surface area (Å²) in [6.45, 7) is 5.80. The van der Waals surface area contributed by atoms with Crippen molar-refractivity contribution >= 4 is 17.3 Å². The molecule has 24 heavy (non-hydrogen) atoms. The lowest BCUT2D eigenvalue weighted by Crippen LogP contribution is -2.40. The van der Waals surface area contributed by atoms with Gasteiger partial charge in [0.2, 0.25) is 0 Å². The average Bonchev–Trinajstić information content (AvgIpc) is 3.02. The van der Waals surface area contributed by atoms with E-state index in [9.17, 15) is 0 Å². The Bertz CT molecular complexity index is 669. The summed E-state index contributed by atoms with van der Waals surface area (Å²) >= 11 is 1.69. The van der Waals surface area contributed by atoms with E-state index in [4.69, 9.17) is 4.74 Å². The van der Waals surface area contributed by atoms with Crippen LogP contribution in [0.1, 0.15) is 29.1 Å². The van der Waals surface area contributed by atoms with Crippen molar-refractivity contribution in [3.63, 3.8) is 0 Å². The van der Waals surface area contributed by atoms with Crippen LogP contribution in [-0.2, 0) is 6.42 Å². The Hall–Kier alpha value is -2.08. The quantitative estimate of drug-likeness (QED) is 0.598. The van der Waals surface area contributed by atoms with Gasteiger partial charge in [0.1, 0.15) is 5.75 Å². The molecule has 1 aromatic heterocycles. The molecule has 130 valence electrons. The maximum Gasteiger partial charge on any atom is 0.191 e. The number of hydrogen-bond donors (Lipinski definition) is 2. The van der Waals surface area contributed by atoms with Crippen molar-refractivity contribution in [2.75, 3.05) is 27.2 Å². The van der Waals surface area contributed by atoms with Gasteiger partial charge >= 0.3 is 0 Å². The minimum atomic E-state index is 0.320. The van der Waals surface area contributed by atoms with Gasteiger partial charge in [0, 0.05) is 37.9 Å². The first-order valence-corrected chi connectivity index (χ1v) is 9.00. The molecule has 1 heterocycles. The molecule has 0 bridgehead atoms. The number of thiazole rings is 1. The Morgan fingerprint density at radius 2 is 2.12 bits per heavy atom. The molecular weight excluding hydrogens is 320 g/mol. The molecule has 0 saturated carbocycles. The zero-order valence-corrected chi connectivity index (χ0v) is 15.6. The molecule has 0 aliphatic heterocycles. The van der Waals surface area contributed by atoms with Crippen molar-refractivity contribution in [1.82, 2.24) is 15.6 Å². The number of hydrogen-bond acceptors (Lipinski definition) is 4. The van der Waals surface area contributed by atoms with E-state index in [1.54, 1.807) is 25.5 Å². The highest BCUT2D eigenvalue weighted by molar-refractivity contribution is 7.09. The molecule has 0 amide bonds. The van der Waals surface area contributed by atoms with Gasteiger partial charge in [-0.1, -0.05) is 25.1 Å². The van der Waals surface area contributed by atoms with E-state index >= 15 is 0 Å². The Labute approximate surface area is 148 Å². The molecule has 0 fully saturated rings. The van der Waals surface area contributed by atoms with Crippen LogP contribution in [-0.4, -0.2) is 38.2 Å². The first-order valence-electron chi connectivity index (χ1n) is 8.12. The molecule has 0 spiro atoms. The summed E-state index contributed by atoms with van der Waals surface area (Å²) in [5.74, 6) is 2.05. The molecular formula is C18H26N4OS. The summed E-state index contributed by atoms with van der Waals surface area (Å²) in [6.07, 6.45) is 0.896. The van der Waals surface area contributed by atoms with Gasteiger partial charge in [0.05, 0.1) is 17.8 Å². The molecule has 0 radical (unpaired) electrons. The lowest BCUT2D eigenvalue weighted by atomic mass is 10.0. The van der Waals surface area contributed by atoms with Crippen molar-refractivity contribution in [2.24, 2.45) is 4.99 Å². The van der Waals surface area contributed by atoms with Crippen molar-refractivity contribution < 1.29 is 4.74 Å². The highest BCUT2D eigenvalue weighted by Crippen LogP contribution is 2.25. The summed E-state index contributed by atoms with van der Waals surface area (Å²) in [4.78, 5) is 8.75. The van der Waals surface area contributed by atoms with Gasteiger partial charge in [-0.25, -0.2) is 4.98 Å². The number of ether oxygens (including phenoxy) is 1. The monoisotopic (exact) mass is 346 g/mol. The molecule has 1 atom stereocenters. The molecule has 6 heteroatoms. The minimum Gasteiger partial charge on any atom is -0.496 e. The number of aromatic nitrogens is 1. The number of rotatable bonds is 7. The summed E-state index contributed by atoms with van der Waals surface area (Å²) in [5.41, 5.74) is 2.32. The van der Waals surface area contributed by atoms with Crippen molar-refractivity contribution in [3.8, 4) is 5.75 Å². The minimum absolute atomic E-state index is 0.320. The number of nitrogens with zero attached hydrogens (tertiary/aromatic N) is 2. The first-order chi connectivity index (χ1) is 11.6. The van der Waals surface area contributed by atoms with Crippen LogP contribution in [0.5, 0.6) is 5.75 Å². The Morgan fingerprint density at radius 1 is 1.33 bits per heavy atom. The number of aliphatic imine (C=N–C) groups is 1. The third-order valence-electron chi connectivity index (χ3n) is 3.81. The second-order valence-electron chi connectivity index (χ2n) is 5.63. The normalized spacial score (nSPS) is 12.8. The van der Waals surface area contributed by atoms with Gasteiger partial charge in [-0.05, 0) is 18.6 Å². The van der Waals surface area contributed by atoms with Gasteiger partial charge in [-0.3, -0.25) is 4.99 Å². The van der Waals surface area contributed by atoms with Crippen LogP contribution in [0.4, 0.5) is 0 Å². The third-order valence-corrected chi connectivity index (χ3v) is 4.63. The standard InChI is InChI=1S/C18H26N4OS/c1-13(16-7-5-6-8-17(16)23-4)11-21-18(19-3)20-10-9-15-12-24-14(2)22-15/h5-8,12-13H,9-11H2,1-4H3,(H2,19,20,21). The highest BCUT2D eigenvalue weighted by atomic mass is 32.1. The van der Waals surface area contributed by atoms with E-state index in [0.29, 0.717) is 5.92 Å². The fourth-order valence-corrected chi connectivity index (χ4v) is 3.13. The predicted molar refractivity (Wildman–Crippen MR) is 101 cm³/mol. The highest BCUT2D eigenvalue weighted by Gasteiger charge is 2.11. The maximum absolute atomic E-state index is 5.44. The van der Waals surface area contributed by atoms with Gasteiger partial charge in [0.25, 0.3) is 0 Å². The van der Waals surface area contributed by atoms with E-state index in [2.05, 4.69) is 39.0 Å². The zero-order valence-electron chi connectivity index (χ0n) is 14.8. The number of para-hydroxylation sites is 1. The Kier molecular flexibility index (Phi) is 7.06. The number of guanidine groups is 1. The van der Waals surface area contributed by atoms with E-state index in [1.807, 2.05) is 25.1 Å². The van der Waals surface area contributed by atoms with Crippen LogP contribution >= 0.6 is 11.3 Å². The fourth-order valence-electron chi connectivity index (χ4n) is 2.49. The van der Waals surface area contributed by atoms with Crippen molar-refractivity contribution in [3.05, 3.63) is 45.9 Å². The second kappa shape index (κ2) is 9.27. The van der Waals surface area contributed by atoms with E-state index in [1.165, 1.54) is 5.56 Å². The van der Waals surface area contributed by atoms with Gasteiger partial charge in [0.15, 0.2) is 5.96 Å². The van der Waals surface area contributed by atoms with E-state index in [-0.39, 0.29) is 0 Å². The van der Waals surface area contributed by atoms with Crippen LogP contribution < -0.4 is 15.4 Å². The van der Waals surface area contributed by atoms with Crippen LogP contribution in [0, 0.1) is 6.92 Å². The molecule has 2 rings (SSSR count). The van der Waals surface area contributed by atoms with Crippen molar-refractivity contribution in [2.45, 2.75) is 26.2 Å². The van der Waals surface area contributed by atoms with Gasteiger partial charge < -0.3 is 15.4 Å². The van der Waals surface area contributed by atoms with Crippen molar-refractivity contribution in [1.29, 1.82) is 0 Å². The molecule has 2 N–H and O–H groups in total. The number of benzene rings is 1. The number of aryl methyl sites for hydroxylation is 1. The van der Waals surface area contributed by atoms with Crippen LogP contribution in [0.2, 0.25) is 0 Å². The number of nitrogens with one attached hydrogen (secondary N) is 2.